The largest absolute Gasteiger partial charge is 0.487 e. The summed E-state index contributed by atoms with van der Waals surface area (Å²) in [5.41, 5.74) is 5.01. The number of aryl methyl sites for hydroxylation is 2. The monoisotopic (exact) mass is 482 g/mol. The van der Waals surface area contributed by atoms with E-state index in [4.69, 9.17) is 18.7 Å². The van der Waals surface area contributed by atoms with Gasteiger partial charge in [0.1, 0.15) is 23.8 Å². The maximum Gasteiger partial charge on any atom is 0.303 e. The lowest BCUT2D eigenvalue weighted by Crippen LogP contribution is -1.99. The summed E-state index contributed by atoms with van der Waals surface area (Å²) in [7, 11) is 0. The van der Waals surface area contributed by atoms with Gasteiger partial charge in [0.05, 0.1) is 6.26 Å². The molecule has 0 aliphatic carbocycles. The van der Waals surface area contributed by atoms with Crippen LogP contribution in [0.15, 0.2) is 94.2 Å². The van der Waals surface area contributed by atoms with Crippen molar-refractivity contribution >= 4 is 5.97 Å². The molecule has 0 unspecified atom stereocenters. The maximum atomic E-state index is 11.1. The van der Waals surface area contributed by atoms with Gasteiger partial charge in [-0.05, 0) is 54.3 Å². The standard InChI is InChI=1S/C29H26N2O5/c1-20-26(30-29(36-20)27-8-5-15-34-27)19-35-24-12-9-21(10-13-24)16-31-17-23(11-14-28(32)33)25(18-31)22-6-3-2-4-7-22/h2-10,12-13,15,17-18H,11,14,16,19H2,1H3,(H,32,33). The molecule has 3 heterocycles. The molecule has 0 saturated carbocycles. The Morgan fingerprint density at radius 1 is 1.03 bits per heavy atom. The molecule has 0 spiro atoms. The molecule has 3 aromatic heterocycles. The summed E-state index contributed by atoms with van der Waals surface area (Å²) in [4.78, 5) is 15.6. The van der Waals surface area contributed by atoms with E-state index in [1.165, 1.54) is 0 Å². The van der Waals surface area contributed by atoms with Crippen molar-refractivity contribution in [3.8, 4) is 28.5 Å². The van der Waals surface area contributed by atoms with Gasteiger partial charge in [0.2, 0.25) is 0 Å². The zero-order chi connectivity index (χ0) is 24.9. The fourth-order valence-electron chi connectivity index (χ4n) is 4.09. The number of furan rings is 1. The fourth-order valence-corrected chi connectivity index (χ4v) is 4.09. The molecule has 5 aromatic rings. The molecular formula is C29H26N2O5. The van der Waals surface area contributed by atoms with Gasteiger partial charge in [-0.1, -0.05) is 42.5 Å². The number of benzene rings is 2. The summed E-state index contributed by atoms with van der Waals surface area (Å²) in [6.07, 6.45) is 6.30. The van der Waals surface area contributed by atoms with E-state index in [0.717, 1.165) is 33.7 Å². The van der Waals surface area contributed by atoms with Crippen LogP contribution >= 0.6 is 0 Å². The summed E-state index contributed by atoms with van der Waals surface area (Å²) in [6, 6.07) is 21.6. The normalized spacial score (nSPS) is 11.0. The van der Waals surface area contributed by atoms with E-state index in [9.17, 15) is 4.79 Å². The highest BCUT2D eigenvalue weighted by molar-refractivity contribution is 5.70. The number of oxazole rings is 1. The zero-order valence-corrected chi connectivity index (χ0v) is 19.9. The van der Waals surface area contributed by atoms with Crippen molar-refractivity contribution in [3.63, 3.8) is 0 Å². The lowest BCUT2D eigenvalue weighted by atomic mass is 10.0. The van der Waals surface area contributed by atoms with Crippen LogP contribution in [0.3, 0.4) is 0 Å². The first-order valence-corrected chi connectivity index (χ1v) is 11.7. The molecule has 2 aromatic carbocycles. The summed E-state index contributed by atoms with van der Waals surface area (Å²) in [5, 5.41) is 9.15. The number of aromatic nitrogens is 2. The van der Waals surface area contributed by atoms with Crippen molar-refractivity contribution in [2.45, 2.75) is 32.9 Å². The maximum absolute atomic E-state index is 11.1. The molecule has 182 valence electrons. The fraction of sp³-hybridized carbons (Fsp3) is 0.172. The summed E-state index contributed by atoms with van der Waals surface area (Å²) < 4.78 is 19.1. The van der Waals surface area contributed by atoms with Crippen LogP contribution < -0.4 is 4.74 Å². The van der Waals surface area contributed by atoms with Gasteiger partial charge in [-0.15, -0.1) is 0 Å². The van der Waals surface area contributed by atoms with E-state index in [2.05, 4.69) is 15.7 Å². The van der Waals surface area contributed by atoms with Crippen molar-refractivity contribution in [3.05, 3.63) is 108 Å². The highest BCUT2D eigenvalue weighted by Gasteiger charge is 2.14. The second kappa shape index (κ2) is 10.4. The van der Waals surface area contributed by atoms with Crippen LogP contribution in [0.2, 0.25) is 0 Å². The Morgan fingerprint density at radius 2 is 1.83 bits per heavy atom. The van der Waals surface area contributed by atoms with Crippen molar-refractivity contribution in [2.24, 2.45) is 0 Å². The molecule has 0 amide bonds. The molecule has 0 atom stereocenters. The first-order chi connectivity index (χ1) is 17.5. The Hall–Kier alpha value is -4.52. The van der Waals surface area contributed by atoms with Crippen LogP contribution in [0.5, 0.6) is 5.75 Å². The topological polar surface area (TPSA) is 90.6 Å². The van der Waals surface area contributed by atoms with Crippen LogP contribution in [0.25, 0.3) is 22.8 Å². The predicted molar refractivity (Wildman–Crippen MR) is 135 cm³/mol. The molecule has 0 fully saturated rings. The lowest BCUT2D eigenvalue weighted by Gasteiger charge is -2.07. The van der Waals surface area contributed by atoms with Crippen LogP contribution in [0.4, 0.5) is 0 Å². The zero-order valence-electron chi connectivity index (χ0n) is 19.9. The minimum absolute atomic E-state index is 0.101. The van der Waals surface area contributed by atoms with E-state index in [-0.39, 0.29) is 6.42 Å². The average Bonchev–Trinajstić information content (AvgIpc) is 3.63. The van der Waals surface area contributed by atoms with Crippen LogP contribution in [-0.4, -0.2) is 20.6 Å². The van der Waals surface area contributed by atoms with Gasteiger partial charge in [0.15, 0.2) is 5.76 Å². The second-order valence-electron chi connectivity index (χ2n) is 8.56. The first-order valence-electron chi connectivity index (χ1n) is 11.7. The van der Waals surface area contributed by atoms with Gasteiger partial charge in [0.25, 0.3) is 5.89 Å². The minimum atomic E-state index is -0.796. The molecule has 1 N–H and O–H groups in total. The van der Waals surface area contributed by atoms with Gasteiger partial charge >= 0.3 is 5.97 Å². The van der Waals surface area contributed by atoms with Gasteiger partial charge in [-0.2, -0.15) is 0 Å². The number of carboxylic acids is 1. The Morgan fingerprint density at radius 3 is 2.56 bits per heavy atom. The molecule has 5 rings (SSSR count). The van der Waals surface area contributed by atoms with E-state index in [1.807, 2.05) is 67.7 Å². The summed E-state index contributed by atoms with van der Waals surface area (Å²) >= 11 is 0. The molecule has 0 bridgehead atoms. The van der Waals surface area contributed by atoms with Crippen molar-refractivity contribution in [1.82, 2.24) is 9.55 Å². The number of ether oxygens (including phenoxy) is 1. The molecule has 0 aliphatic heterocycles. The Balaban J connectivity index is 1.25. The third-order valence-electron chi connectivity index (χ3n) is 5.94. The van der Waals surface area contributed by atoms with Crippen molar-refractivity contribution < 1.29 is 23.5 Å². The van der Waals surface area contributed by atoms with E-state index < -0.39 is 5.97 Å². The van der Waals surface area contributed by atoms with Gasteiger partial charge in [0, 0.05) is 30.9 Å². The van der Waals surface area contributed by atoms with Gasteiger partial charge in [-0.25, -0.2) is 4.98 Å². The number of nitrogens with zero attached hydrogens (tertiary/aromatic N) is 2. The van der Waals surface area contributed by atoms with Crippen molar-refractivity contribution in [2.75, 3.05) is 0 Å². The molecule has 7 heteroatoms. The highest BCUT2D eigenvalue weighted by Crippen LogP contribution is 2.27. The predicted octanol–water partition coefficient (Wildman–Crippen LogP) is 6.36. The third kappa shape index (κ3) is 5.41. The smallest absolute Gasteiger partial charge is 0.303 e. The molecule has 36 heavy (non-hydrogen) atoms. The number of hydrogen-bond acceptors (Lipinski definition) is 5. The molecule has 7 nitrogen and oxygen atoms in total. The minimum Gasteiger partial charge on any atom is -0.487 e. The van der Waals surface area contributed by atoms with E-state index >= 15 is 0 Å². The van der Waals surface area contributed by atoms with Crippen molar-refractivity contribution in [1.29, 1.82) is 0 Å². The SMILES string of the molecule is Cc1oc(-c2ccco2)nc1COc1ccc(Cn2cc(CCC(=O)O)c(-c3ccccc3)c2)cc1. The molecule has 0 radical (unpaired) electrons. The quantitative estimate of drug-likeness (QED) is 0.249. The number of carbonyl (C=O) groups is 1. The summed E-state index contributed by atoms with van der Waals surface area (Å²) in [6.45, 7) is 2.81. The average molecular weight is 483 g/mol. The Kier molecular flexibility index (Phi) is 6.71. The number of carboxylic acid groups (broad SMARTS) is 1. The summed E-state index contributed by atoms with van der Waals surface area (Å²) in [5.74, 6) is 1.66. The first kappa shape index (κ1) is 23.2. The highest BCUT2D eigenvalue weighted by atomic mass is 16.5. The van der Waals surface area contributed by atoms with Gasteiger partial charge in [-0.3, -0.25) is 4.79 Å². The van der Waals surface area contributed by atoms with Gasteiger partial charge < -0.3 is 23.2 Å². The van der Waals surface area contributed by atoms with Crippen LogP contribution in [-0.2, 0) is 24.4 Å². The van der Waals surface area contributed by atoms with E-state index in [0.29, 0.717) is 37.0 Å². The van der Waals surface area contributed by atoms with Crippen LogP contribution in [0.1, 0.15) is 29.0 Å². The molecular weight excluding hydrogens is 456 g/mol. The van der Waals surface area contributed by atoms with E-state index in [1.54, 1.807) is 18.4 Å². The molecule has 0 saturated heterocycles. The van der Waals surface area contributed by atoms with Crippen LogP contribution in [0, 0.1) is 6.92 Å². The second-order valence-corrected chi connectivity index (χ2v) is 8.56. The lowest BCUT2D eigenvalue weighted by molar-refractivity contribution is -0.136. The number of hydrogen-bond donors (Lipinski definition) is 1. The number of rotatable bonds is 10. The Bertz CT molecular complexity index is 1430. The number of aliphatic carboxylic acids is 1. The molecule has 0 aliphatic rings. The Labute approximate surface area is 208 Å². The third-order valence-corrected chi connectivity index (χ3v) is 5.94.